The lowest BCUT2D eigenvalue weighted by molar-refractivity contribution is 0.102. The van der Waals surface area contributed by atoms with E-state index in [9.17, 15) is 13.2 Å². The van der Waals surface area contributed by atoms with E-state index in [1.807, 2.05) is 0 Å². The lowest BCUT2D eigenvalue weighted by Crippen LogP contribution is -2.15. The first-order valence-electron chi connectivity index (χ1n) is 9.88. The summed E-state index contributed by atoms with van der Waals surface area (Å²) >= 11 is 1.32. The zero-order valence-electron chi connectivity index (χ0n) is 16.9. The highest BCUT2D eigenvalue weighted by atomic mass is 32.2. The number of rotatable bonds is 7. The zero-order chi connectivity index (χ0) is 21.8. The molecule has 1 aromatic heterocycles. The maximum atomic E-state index is 12.9. The number of benzene rings is 2. The molecule has 1 fully saturated rings. The van der Waals surface area contributed by atoms with Gasteiger partial charge in [-0.25, -0.2) is 13.4 Å². The number of hydrogen-bond donors (Lipinski definition) is 1. The first-order valence-corrected chi connectivity index (χ1v) is 12.6. The highest BCUT2D eigenvalue weighted by Crippen LogP contribution is 2.32. The molecule has 0 aliphatic heterocycles. The fraction of sp³-hybridized carbons (Fsp3) is 0.273. The lowest BCUT2D eigenvalue weighted by Gasteiger charge is -2.16. The second-order valence-corrected chi connectivity index (χ2v) is 10.2. The summed E-state index contributed by atoms with van der Waals surface area (Å²) in [6.45, 7) is 0. The Morgan fingerprint density at radius 2 is 1.81 bits per heavy atom. The molecule has 0 radical (unpaired) electrons. The Labute approximate surface area is 185 Å². The third-order valence-electron chi connectivity index (χ3n) is 4.93. The van der Waals surface area contributed by atoms with E-state index in [-0.39, 0.29) is 16.9 Å². The molecular formula is C22H22N2O5S2. The van der Waals surface area contributed by atoms with E-state index in [1.54, 1.807) is 41.9 Å². The van der Waals surface area contributed by atoms with E-state index in [0.29, 0.717) is 27.9 Å². The number of carbonyl (C=O) groups is 1. The minimum Gasteiger partial charge on any atom is -0.490 e. The average Bonchev–Trinajstić information content (AvgIpc) is 3.43. The number of hydrogen-bond acceptors (Lipinski definition) is 7. The van der Waals surface area contributed by atoms with Gasteiger partial charge in [0, 0.05) is 17.8 Å². The monoisotopic (exact) mass is 458 g/mol. The van der Waals surface area contributed by atoms with Crippen molar-refractivity contribution < 1.29 is 22.7 Å². The standard InChI is InChI=1S/C22H22N2O5S2/c1-31(26,27)18-9-6-16(7-10-18)29-20-11-8-17(28-15-4-2-3-5-15)14-19(20)21(25)24-22-23-12-13-30-22/h6-15H,2-5H2,1H3,(H,23,24,25). The molecule has 0 bridgehead atoms. The van der Waals surface area contributed by atoms with Crippen LogP contribution in [-0.4, -0.2) is 31.7 Å². The molecule has 4 rings (SSSR count). The van der Waals surface area contributed by atoms with Crippen LogP contribution in [0.1, 0.15) is 36.0 Å². The van der Waals surface area contributed by atoms with E-state index in [4.69, 9.17) is 9.47 Å². The smallest absolute Gasteiger partial charge is 0.261 e. The lowest BCUT2D eigenvalue weighted by atomic mass is 10.1. The minimum absolute atomic E-state index is 0.158. The van der Waals surface area contributed by atoms with Crippen molar-refractivity contribution in [3.63, 3.8) is 0 Å². The molecule has 3 aromatic rings. The molecule has 31 heavy (non-hydrogen) atoms. The van der Waals surface area contributed by atoms with Gasteiger partial charge in [0.25, 0.3) is 5.91 Å². The van der Waals surface area contributed by atoms with E-state index >= 15 is 0 Å². The molecule has 1 aliphatic carbocycles. The fourth-order valence-corrected chi connectivity index (χ4v) is 4.53. The van der Waals surface area contributed by atoms with Gasteiger partial charge in [-0.1, -0.05) is 0 Å². The van der Waals surface area contributed by atoms with Crippen LogP contribution >= 0.6 is 11.3 Å². The average molecular weight is 459 g/mol. The van der Waals surface area contributed by atoms with Gasteiger partial charge < -0.3 is 9.47 Å². The van der Waals surface area contributed by atoms with Crippen LogP contribution in [0.25, 0.3) is 0 Å². The van der Waals surface area contributed by atoms with Crippen LogP contribution < -0.4 is 14.8 Å². The number of ether oxygens (including phenoxy) is 2. The molecule has 1 heterocycles. The summed E-state index contributed by atoms with van der Waals surface area (Å²) < 4.78 is 35.3. The Kier molecular flexibility index (Phi) is 6.24. The van der Waals surface area contributed by atoms with Gasteiger partial charge in [-0.2, -0.15) is 0 Å². The molecule has 0 atom stereocenters. The van der Waals surface area contributed by atoms with Crippen molar-refractivity contribution in [2.45, 2.75) is 36.7 Å². The highest BCUT2D eigenvalue weighted by Gasteiger charge is 2.20. The Balaban J connectivity index is 1.60. The van der Waals surface area contributed by atoms with Crippen molar-refractivity contribution in [1.82, 2.24) is 4.98 Å². The second-order valence-electron chi connectivity index (χ2n) is 7.32. The molecule has 0 saturated heterocycles. The van der Waals surface area contributed by atoms with Crippen molar-refractivity contribution >= 4 is 32.2 Å². The number of nitrogens with zero attached hydrogens (tertiary/aromatic N) is 1. The normalized spacial score (nSPS) is 14.4. The number of carbonyl (C=O) groups excluding carboxylic acids is 1. The predicted octanol–water partition coefficient (Wildman–Crippen LogP) is 4.91. The molecule has 2 aromatic carbocycles. The molecule has 0 unspecified atom stereocenters. The summed E-state index contributed by atoms with van der Waals surface area (Å²) in [5, 5.41) is 5.02. The number of amides is 1. The summed E-state index contributed by atoms with van der Waals surface area (Å²) in [7, 11) is -3.30. The van der Waals surface area contributed by atoms with E-state index in [1.165, 1.54) is 23.5 Å². The zero-order valence-corrected chi connectivity index (χ0v) is 18.5. The predicted molar refractivity (Wildman–Crippen MR) is 119 cm³/mol. The molecule has 0 spiro atoms. The Hall–Kier alpha value is -2.91. The van der Waals surface area contributed by atoms with E-state index in [0.717, 1.165) is 31.9 Å². The third kappa shape index (κ3) is 5.42. The number of sulfone groups is 1. The Morgan fingerprint density at radius 3 is 2.45 bits per heavy atom. The number of anilines is 1. The first kappa shape index (κ1) is 21.3. The maximum absolute atomic E-state index is 12.9. The molecule has 1 saturated carbocycles. The topological polar surface area (TPSA) is 94.6 Å². The number of nitrogens with one attached hydrogen (secondary N) is 1. The van der Waals surface area contributed by atoms with Crippen LogP contribution in [0.15, 0.2) is 58.9 Å². The molecule has 1 amide bonds. The van der Waals surface area contributed by atoms with Crippen molar-refractivity contribution in [3.05, 3.63) is 59.6 Å². The molecule has 1 aliphatic rings. The molecule has 1 N–H and O–H groups in total. The largest absolute Gasteiger partial charge is 0.490 e. The summed E-state index contributed by atoms with van der Waals surface area (Å²) in [5.41, 5.74) is 0.304. The van der Waals surface area contributed by atoms with Crippen LogP contribution in [0.2, 0.25) is 0 Å². The van der Waals surface area contributed by atoms with Gasteiger partial charge >= 0.3 is 0 Å². The summed E-state index contributed by atoms with van der Waals surface area (Å²) in [6.07, 6.45) is 7.22. The highest BCUT2D eigenvalue weighted by molar-refractivity contribution is 7.90. The van der Waals surface area contributed by atoms with Crippen molar-refractivity contribution in [3.8, 4) is 17.2 Å². The van der Waals surface area contributed by atoms with Crippen LogP contribution in [0.3, 0.4) is 0 Å². The van der Waals surface area contributed by atoms with Gasteiger partial charge in [0.05, 0.1) is 16.6 Å². The van der Waals surface area contributed by atoms with E-state index < -0.39 is 9.84 Å². The number of aromatic nitrogens is 1. The van der Waals surface area contributed by atoms with Crippen LogP contribution in [0.5, 0.6) is 17.2 Å². The first-order chi connectivity index (χ1) is 14.9. The van der Waals surface area contributed by atoms with Crippen molar-refractivity contribution in [2.75, 3.05) is 11.6 Å². The summed E-state index contributed by atoms with van der Waals surface area (Å²) in [4.78, 5) is 17.2. The van der Waals surface area contributed by atoms with E-state index in [2.05, 4.69) is 10.3 Å². The van der Waals surface area contributed by atoms with Crippen LogP contribution in [0.4, 0.5) is 5.13 Å². The van der Waals surface area contributed by atoms with Crippen LogP contribution in [0, 0.1) is 0 Å². The fourth-order valence-electron chi connectivity index (χ4n) is 3.38. The van der Waals surface area contributed by atoms with Gasteiger partial charge in [0.1, 0.15) is 17.2 Å². The van der Waals surface area contributed by atoms with Gasteiger partial charge in [0.2, 0.25) is 0 Å². The SMILES string of the molecule is CS(=O)(=O)c1ccc(Oc2ccc(OC3CCCC3)cc2C(=O)Nc2nccs2)cc1. The Bertz CT molecular complexity index is 1150. The summed E-state index contributed by atoms with van der Waals surface area (Å²) in [5.74, 6) is 0.991. The minimum atomic E-state index is -3.30. The van der Waals surface area contributed by atoms with Gasteiger partial charge in [0.15, 0.2) is 15.0 Å². The van der Waals surface area contributed by atoms with Crippen molar-refractivity contribution in [2.24, 2.45) is 0 Å². The van der Waals surface area contributed by atoms with Gasteiger partial charge in [-0.05, 0) is 68.1 Å². The maximum Gasteiger partial charge on any atom is 0.261 e. The number of thiazole rings is 1. The third-order valence-corrected chi connectivity index (χ3v) is 6.75. The van der Waals surface area contributed by atoms with Gasteiger partial charge in [-0.15, -0.1) is 11.3 Å². The second kappa shape index (κ2) is 9.07. The quantitative estimate of drug-likeness (QED) is 0.540. The molecule has 162 valence electrons. The molecular weight excluding hydrogens is 436 g/mol. The summed E-state index contributed by atoms with van der Waals surface area (Å²) in [6, 6.07) is 11.2. The van der Waals surface area contributed by atoms with Gasteiger partial charge in [-0.3, -0.25) is 10.1 Å². The molecule has 9 heteroatoms. The molecule has 7 nitrogen and oxygen atoms in total. The Morgan fingerprint density at radius 1 is 1.10 bits per heavy atom. The van der Waals surface area contributed by atoms with Crippen LogP contribution in [-0.2, 0) is 9.84 Å². The van der Waals surface area contributed by atoms with Crippen molar-refractivity contribution in [1.29, 1.82) is 0 Å².